The molecule has 1 aliphatic rings. The zero-order valence-corrected chi connectivity index (χ0v) is 13.6. The first-order valence-electron chi connectivity index (χ1n) is 8.11. The van der Waals surface area contributed by atoms with Crippen LogP contribution in [-0.2, 0) is 9.59 Å². The number of imide groups is 1. The SMILES string of the molecule is CCC(CC)C(C)NC1CC(=O)N(C(CC)CC)C1=O. The van der Waals surface area contributed by atoms with E-state index < -0.39 is 0 Å². The molecule has 1 aliphatic heterocycles. The summed E-state index contributed by atoms with van der Waals surface area (Å²) in [4.78, 5) is 26.1. The topological polar surface area (TPSA) is 49.4 Å². The molecule has 4 nitrogen and oxygen atoms in total. The van der Waals surface area contributed by atoms with Crippen LogP contribution in [0.3, 0.4) is 0 Å². The third kappa shape index (κ3) is 3.60. The fourth-order valence-corrected chi connectivity index (χ4v) is 3.27. The quantitative estimate of drug-likeness (QED) is 0.696. The van der Waals surface area contributed by atoms with Gasteiger partial charge < -0.3 is 5.32 Å². The lowest BCUT2D eigenvalue weighted by Gasteiger charge is -2.27. The lowest BCUT2D eigenvalue weighted by Crippen LogP contribution is -2.47. The van der Waals surface area contributed by atoms with Crippen molar-refractivity contribution in [2.24, 2.45) is 5.92 Å². The normalized spacial score (nSPS) is 21.4. The largest absolute Gasteiger partial charge is 0.303 e. The molecular weight excluding hydrogens is 252 g/mol. The molecule has 0 aromatic heterocycles. The molecule has 0 aliphatic carbocycles. The Balaban J connectivity index is 2.71. The van der Waals surface area contributed by atoms with Crippen LogP contribution in [0.5, 0.6) is 0 Å². The van der Waals surface area contributed by atoms with E-state index in [0.717, 1.165) is 25.7 Å². The fraction of sp³-hybridized carbons (Fsp3) is 0.875. The van der Waals surface area contributed by atoms with Crippen molar-refractivity contribution in [1.82, 2.24) is 10.2 Å². The first kappa shape index (κ1) is 17.2. The molecule has 1 fully saturated rings. The minimum absolute atomic E-state index is 0.0158. The third-order valence-corrected chi connectivity index (χ3v) is 4.71. The number of nitrogens with zero attached hydrogens (tertiary/aromatic N) is 1. The lowest BCUT2D eigenvalue weighted by molar-refractivity contribution is -0.141. The molecule has 1 N–H and O–H groups in total. The van der Waals surface area contributed by atoms with Crippen LogP contribution in [-0.4, -0.2) is 34.8 Å². The Kier molecular flexibility index (Phi) is 6.66. The van der Waals surface area contributed by atoms with Crippen molar-refractivity contribution in [1.29, 1.82) is 0 Å². The molecule has 0 radical (unpaired) electrons. The number of hydrogen-bond acceptors (Lipinski definition) is 3. The van der Waals surface area contributed by atoms with Crippen molar-refractivity contribution in [2.75, 3.05) is 0 Å². The second-order valence-corrected chi connectivity index (χ2v) is 5.86. The number of hydrogen-bond donors (Lipinski definition) is 1. The maximum atomic E-state index is 12.5. The zero-order chi connectivity index (χ0) is 15.3. The monoisotopic (exact) mass is 282 g/mol. The van der Waals surface area contributed by atoms with Crippen molar-refractivity contribution in [3.8, 4) is 0 Å². The van der Waals surface area contributed by atoms with Gasteiger partial charge >= 0.3 is 0 Å². The van der Waals surface area contributed by atoms with E-state index in [9.17, 15) is 9.59 Å². The highest BCUT2D eigenvalue weighted by molar-refractivity contribution is 6.05. The van der Waals surface area contributed by atoms with Crippen molar-refractivity contribution >= 4 is 11.8 Å². The van der Waals surface area contributed by atoms with E-state index in [4.69, 9.17) is 0 Å². The van der Waals surface area contributed by atoms with E-state index in [-0.39, 0.29) is 29.9 Å². The van der Waals surface area contributed by atoms with E-state index >= 15 is 0 Å². The van der Waals surface area contributed by atoms with Crippen molar-refractivity contribution in [3.63, 3.8) is 0 Å². The van der Waals surface area contributed by atoms with Crippen LogP contribution in [0.15, 0.2) is 0 Å². The molecule has 0 saturated carbocycles. The van der Waals surface area contributed by atoms with E-state index in [1.54, 1.807) is 0 Å². The maximum absolute atomic E-state index is 12.5. The minimum Gasteiger partial charge on any atom is -0.303 e. The summed E-state index contributed by atoms with van der Waals surface area (Å²) in [7, 11) is 0. The zero-order valence-electron chi connectivity index (χ0n) is 13.6. The van der Waals surface area contributed by atoms with Gasteiger partial charge in [0.05, 0.1) is 12.5 Å². The van der Waals surface area contributed by atoms with Gasteiger partial charge in [-0.25, -0.2) is 0 Å². The molecule has 2 atom stereocenters. The lowest BCUT2D eigenvalue weighted by atomic mass is 9.95. The molecule has 2 unspecified atom stereocenters. The predicted octanol–water partition coefficient (Wildman–Crippen LogP) is 2.72. The number of carbonyl (C=O) groups excluding carboxylic acids is 2. The number of rotatable bonds is 8. The average molecular weight is 282 g/mol. The van der Waals surface area contributed by atoms with E-state index in [0.29, 0.717) is 12.3 Å². The summed E-state index contributed by atoms with van der Waals surface area (Å²) in [6.45, 7) is 10.5. The molecule has 116 valence electrons. The van der Waals surface area contributed by atoms with Crippen LogP contribution in [0.1, 0.15) is 66.7 Å². The molecular formula is C16H30N2O2. The Morgan fingerprint density at radius 2 is 1.65 bits per heavy atom. The summed E-state index contributed by atoms with van der Waals surface area (Å²) in [5.74, 6) is 0.513. The first-order chi connectivity index (χ1) is 9.49. The van der Waals surface area contributed by atoms with Gasteiger partial charge in [-0.05, 0) is 25.7 Å². The fourth-order valence-electron chi connectivity index (χ4n) is 3.27. The Morgan fingerprint density at radius 3 is 2.10 bits per heavy atom. The van der Waals surface area contributed by atoms with E-state index in [1.165, 1.54) is 4.90 Å². The van der Waals surface area contributed by atoms with Crippen molar-refractivity contribution < 1.29 is 9.59 Å². The summed E-state index contributed by atoms with van der Waals surface area (Å²) < 4.78 is 0. The molecule has 4 heteroatoms. The Labute approximate surface area is 123 Å². The number of nitrogens with one attached hydrogen (secondary N) is 1. The summed E-state index contributed by atoms with van der Waals surface area (Å²) in [5.41, 5.74) is 0. The molecule has 20 heavy (non-hydrogen) atoms. The highest BCUT2D eigenvalue weighted by atomic mass is 16.2. The molecule has 1 saturated heterocycles. The minimum atomic E-state index is -0.321. The van der Waals surface area contributed by atoms with Gasteiger partial charge in [-0.3, -0.25) is 14.5 Å². The van der Waals surface area contributed by atoms with Gasteiger partial charge in [-0.1, -0.05) is 40.5 Å². The summed E-state index contributed by atoms with van der Waals surface area (Å²) in [6, 6.07) is 0.0114. The Morgan fingerprint density at radius 1 is 1.10 bits per heavy atom. The van der Waals surface area contributed by atoms with Crippen LogP contribution in [0.4, 0.5) is 0 Å². The Bertz CT molecular complexity index is 335. The number of likely N-dealkylation sites (tertiary alicyclic amines) is 1. The smallest absolute Gasteiger partial charge is 0.247 e. The maximum Gasteiger partial charge on any atom is 0.247 e. The number of carbonyl (C=O) groups is 2. The van der Waals surface area contributed by atoms with Gasteiger partial charge in [-0.15, -0.1) is 0 Å². The molecule has 0 aromatic carbocycles. The van der Waals surface area contributed by atoms with Crippen LogP contribution in [0, 0.1) is 5.92 Å². The molecule has 1 heterocycles. The second kappa shape index (κ2) is 7.77. The van der Waals surface area contributed by atoms with Crippen molar-refractivity contribution in [3.05, 3.63) is 0 Å². The summed E-state index contributed by atoms with van der Waals surface area (Å²) >= 11 is 0. The van der Waals surface area contributed by atoms with Gasteiger partial charge in [0, 0.05) is 12.1 Å². The average Bonchev–Trinajstić information content (AvgIpc) is 2.69. The molecule has 0 aromatic rings. The number of amides is 2. The summed E-state index contributed by atoms with van der Waals surface area (Å²) in [5, 5.41) is 3.38. The van der Waals surface area contributed by atoms with Crippen LogP contribution >= 0.6 is 0 Å². The highest BCUT2D eigenvalue weighted by Gasteiger charge is 2.41. The first-order valence-corrected chi connectivity index (χ1v) is 8.11. The molecule has 1 rings (SSSR count). The molecule has 2 amide bonds. The van der Waals surface area contributed by atoms with Gasteiger partial charge in [0.2, 0.25) is 11.8 Å². The standard InChI is InChI=1S/C16H30N2O2/c1-6-12(7-2)11(5)17-14-10-15(19)18(16(14)20)13(8-3)9-4/h11-14,17H,6-10H2,1-5H3. The third-order valence-electron chi connectivity index (χ3n) is 4.71. The van der Waals surface area contributed by atoms with Crippen LogP contribution in [0.25, 0.3) is 0 Å². The molecule has 0 spiro atoms. The van der Waals surface area contributed by atoms with Gasteiger partial charge in [0.15, 0.2) is 0 Å². The van der Waals surface area contributed by atoms with Gasteiger partial charge in [0.25, 0.3) is 0 Å². The van der Waals surface area contributed by atoms with Gasteiger partial charge in [0.1, 0.15) is 0 Å². The van der Waals surface area contributed by atoms with E-state index in [2.05, 4.69) is 26.1 Å². The van der Waals surface area contributed by atoms with Crippen molar-refractivity contribution in [2.45, 2.75) is 84.8 Å². The van der Waals surface area contributed by atoms with E-state index in [1.807, 2.05) is 13.8 Å². The predicted molar refractivity (Wildman–Crippen MR) is 81.3 cm³/mol. The second-order valence-electron chi connectivity index (χ2n) is 5.86. The molecule has 0 bridgehead atoms. The Hall–Kier alpha value is -0.900. The summed E-state index contributed by atoms with van der Waals surface area (Å²) in [6.07, 6.45) is 4.18. The van der Waals surface area contributed by atoms with Crippen LogP contribution in [0.2, 0.25) is 0 Å². The van der Waals surface area contributed by atoms with Crippen LogP contribution < -0.4 is 5.32 Å². The van der Waals surface area contributed by atoms with Gasteiger partial charge in [-0.2, -0.15) is 0 Å². The highest BCUT2D eigenvalue weighted by Crippen LogP contribution is 2.22.